The van der Waals surface area contributed by atoms with Gasteiger partial charge in [0.15, 0.2) is 0 Å². The van der Waals surface area contributed by atoms with Crippen LogP contribution in [0.15, 0.2) is 42.5 Å². The van der Waals surface area contributed by atoms with Crippen molar-refractivity contribution in [3.05, 3.63) is 58.1 Å². The molecular formula is C17H19N3O5. The van der Waals surface area contributed by atoms with Crippen molar-refractivity contribution in [1.82, 2.24) is 5.32 Å². The van der Waals surface area contributed by atoms with Gasteiger partial charge in [0.25, 0.3) is 5.69 Å². The first-order chi connectivity index (χ1) is 12.0. The van der Waals surface area contributed by atoms with Gasteiger partial charge in [0.2, 0.25) is 0 Å². The average molecular weight is 345 g/mol. The summed E-state index contributed by atoms with van der Waals surface area (Å²) in [6.45, 7) is 2.83. The average Bonchev–Trinajstić information content (AvgIpc) is 2.61. The summed E-state index contributed by atoms with van der Waals surface area (Å²) in [6, 6.07) is 10.9. The van der Waals surface area contributed by atoms with Crippen LogP contribution in [0.2, 0.25) is 0 Å². The second-order valence-electron chi connectivity index (χ2n) is 5.03. The number of nitrogens with one attached hydrogen (secondary N) is 2. The van der Waals surface area contributed by atoms with Crippen molar-refractivity contribution in [2.75, 3.05) is 19.0 Å². The minimum absolute atomic E-state index is 0.114. The molecule has 0 saturated heterocycles. The summed E-state index contributed by atoms with van der Waals surface area (Å²) in [5.74, 6) is 0.983. The zero-order chi connectivity index (χ0) is 18.2. The molecule has 0 unspecified atom stereocenters. The Balaban J connectivity index is 1.94. The minimum Gasteiger partial charge on any atom is -0.494 e. The second kappa shape index (κ2) is 8.53. The van der Waals surface area contributed by atoms with Crippen LogP contribution in [0.25, 0.3) is 0 Å². The third-order valence-electron chi connectivity index (χ3n) is 3.33. The number of urea groups is 1. The molecule has 2 rings (SSSR count). The number of nitrogens with zero attached hydrogens (tertiary/aromatic N) is 1. The summed E-state index contributed by atoms with van der Waals surface area (Å²) in [5.41, 5.74) is 1.14. The predicted octanol–water partition coefficient (Wildman–Crippen LogP) is 3.32. The van der Waals surface area contributed by atoms with Gasteiger partial charge in [0.05, 0.1) is 30.4 Å². The number of ether oxygens (including phenoxy) is 2. The van der Waals surface area contributed by atoms with E-state index >= 15 is 0 Å². The van der Waals surface area contributed by atoms with Crippen molar-refractivity contribution < 1.29 is 19.2 Å². The fraction of sp³-hybridized carbons (Fsp3) is 0.235. The standard InChI is InChI=1S/C17H19N3O5/c1-3-25-14-7-4-12(5-8-14)11-18-17(21)19-15-9-6-13(20(22)23)10-16(15)24-2/h4-10H,3,11H2,1-2H3,(H2,18,19,21). The maximum atomic E-state index is 12.0. The van der Waals surface area contributed by atoms with Gasteiger partial charge >= 0.3 is 6.03 Å². The summed E-state index contributed by atoms with van der Waals surface area (Å²) in [5, 5.41) is 16.1. The van der Waals surface area contributed by atoms with Gasteiger partial charge < -0.3 is 20.1 Å². The lowest BCUT2D eigenvalue weighted by atomic mass is 10.2. The molecule has 8 nitrogen and oxygen atoms in total. The van der Waals surface area contributed by atoms with Gasteiger partial charge in [-0.25, -0.2) is 4.79 Å². The van der Waals surface area contributed by atoms with Crippen LogP contribution in [0.5, 0.6) is 11.5 Å². The molecule has 132 valence electrons. The molecule has 8 heteroatoms. The predicted molar refractivity (Wildman–Crippen MR) is 93.1 cm³/mol. The molecule has 0 atom stereocenters. The normalized spacial score (nSPS) is 10.0. The number of hydrogen-bond acceptors (Lipinski definition) is 5. The number of benzene rings is 2. The highest BCUT2D eigenvalue weighted by molar-refractivity contribution is 5.91. The molecule has 0 spiro atoms. The van der Waals surface area contributed by atoms with E-state index in [4.69, 9.17) is 9.47 Å². The van der Waals surface area contributed by atoms with Crippen molar-refractivity contribution in [2.45, 2.75) is 13.5 Å². The van der Waals surface area contributed by atoms with Crippen molar-refractivity contribution in [3.8, 4) is 11.5 Å². The Morgan fingerprint density at radius 2 is 1.92 bits per heavy atom. The number of anilines is 1. The van der Waals surface area contributed by atoms with E-state index in [1.165, 1.54) is 25.3 Å². The number of carbonyl (C=O) groups is 1. The molecule has 0 aliphatic heterocycles. The van der Waals surface area contributed by atoms with Gasteiger partial charge in [0.1, 0.15) is 11.5 Å². The van der Waals surface area contributed by atoms with Gasteiger partial charge in [-0.1, -0.05) is 12.1 Å². The fourth-order valence-electron chi connectivity index (χ4n) is 2.12. The smallest absolute Gasteiger partial charge is 0.319 e. The highest BCUT2D eigenvalue weighted by Gasteiger charge is 2.13. The van der Waals surface area contributed by atoms with Crippen LogP contribution in [-0.2, 0) is 6.54 Å². The van der Waals surface area contributed by atoms with E-state index in [0.29, 0.717) is 18.8 Å². The van der Waals surface area contributed by atoms with Crippen LogP contribution in [0.4, 0.5) is 16.2 Å². The van der Waals surface area contributed by atoms with Crippen molar-refractivity contribution >= 4 is 17.4 Å². The molecule has 0 fully saturated rings. The monoisotopic (exact) mass is 345 g/mol. The second-order valence-corrected chi connectivity index (χ2v) is 5.03. The number of rotatable bonds is 7. The molecular weight excluding hydrogens is 326 g/mol. The first kappa shape index (κ1) is 18.1. The van der Waals surface area contributed by atoms with Crippen LogP contribution in [0.3, 0.4) is 0 Å². The number of amides is 2. The summed E-state index contributed by atoms with van der Waals surface area (Å²) in [6.07, 6.45) is 0. The van der Waals surface area contributed by atoms with E-state index in [9.17, 15) is 14.9 Å². The maximum absolute atomic E-state index is 12.0. The van der Waals surface area contributed by atoms with Crippen LogP contribution in [0, 0.1) is 10.1 Å². The number of hydrogen-bond donors (Lipinski definition) is 2. The Labute approximate surface area is 144 Å². The van der Waals surface area contributed by atoms with Crippen LogP contribution >= 0.6 is 0 Å². The number of carbonyl (C=O) groups excluding carboxylic acids is 1. The molecule has 0 saturated carbocycles. The van der Waals surface area contributed by atoms with Crippen LogP contribution in [0.1, 0.15) is 12.5 Å². The summed E-state index contributed by atoms with van der Waals surface area (Å²) in [4.78, 5) is 22.2. The van der Waals surface area contributed by atoms with Crippen molar-refractivity contribution in [1.29, 1.82) is 0 Å². The number of non-ortho nitro benzene ring substituents is 1. The first-order valence-corrected chi connectivity index (χ1v) is 7.62. The Morgan fingerprint density at radius 1 is 1.20 bits per heavy atom. The molecule has 2 N–H and O–H groups in total. The molecule has 2 aromatic carbocycles. The Bertz CT molecular complexity index is 746. The molecule has 0 aromatic heterocycles. The molecule has 0 aliphatic carbocycles. The lowest BCUT2D eigenvalue weighted by Gasteiger charge is -2.11. The van der Waals surface area contributed by atoms with Crippen molar-refractivity contribution in [2.24, 2.45) is 0 Å². The molecule has 0 heterocycles. The topological polar surface area (TPSA) is 103 Å². The fourth-order valence-corrected chi connectivity index (χ4v) is 2.12. The van der Waals surface area contributed by atoms with Gasteiger partial charge in [-0.2, -0.15) is 0 Å². The van der Waals surface area contributed by atoms with E-state index < -0.39 is 11.0 Å². The third-order valence-corrected chi connectivity index (χ3v) is 3.33. The van der Waals surface area contributed by atoms with E-state index in [1.54, 1.807) is 0 Å². The van der Waals surface area contributed by atoms with Gasteiger partial charge in [-0.15, -0.1) is 0 Å². The third kappa shape index (κ3) is 5.10. The Morgan fingerprint density at radius 3 is 2.52 bits per heavy atom. The molecule has 0 radical (unpaired) electrons. The van der Waals surface area contributed by atoms with E-state index in [0.717, 1.165) is 11.3 Å². The summed E-state index contributed by atoms with van der Waals surface area (Å²) < 4.78 is 10.4. The van der Waals surface area contributed by atoms with E-state index in [-0.39, 0.29) is 11.4 Å². The van der Waals surface area contributed by atoms with Gasteiger partial charge in [-0.05, 0) is 30.7 Å². The van der Waals surface area contributed by atoms with Crippen LogP contribution in [-0.4, -0.2) is 24.7 Å². The van der Waals surface area contributed by atoms with Crippen LogP contribution < -0.4 is 20.1 Å². The minimum atomic E-state index is -0.529. The van der Waals surface area contributed by atoms with E-state index in [2.05, 4.69) is 10.6 Å². The molecule has 0 bridgehead atoms. The van der Waals surface area contributed by atoms with Gasteiger partial charge in [0, 0.05) is 12.6 Å². The van der Waals surface area contributed by atoms with E-state index in [1.807, 2.05) is 31.2 Å². The number of nitro benzene ring substituents is 1. The lowest BCUT2D eigenvalue weighted by molar-refractivity contribution is -0.384. The highest BCUT2D eigenvalue weighted by Crippen LogP contribution is 2.28. The largest absolute Gasteiger partial charge is 0.494 e. The van der Waals surface area contributed by atoms with Gasteiger partial charge in [-0.3, -0.25) is 10.1 Å². The Hall–Kier alpha value is -3.29. The zero-order valence-electron chi connectivity index (χ0n) is 13.9. The number of methoxy groups -OCH3 is 1. The quantitative estimate of drug-likeness (QED) is 0.592. The molecule has 25 heavy (non-hydrogen) atoms. The lowest BCUT2D eigenvalue weighted by Crippen LogP contribution is -2.28. The molecule has 2 amide bonds. The Kier molecular flexibility index (Phi) is 6.16. The molecule has 0 aliphatic rings. The number of nitro groups is 1. The first-order valence-electron chi connectivity index (χ1n) is 7.62. The SMILES string of the molecule is CCOc1ccc(CNC(=O)Nc2ccc([N+](=O)[O-])cc2OC)cc1. The maximum Gasteiger partial charge on any atom is 0.319 e. The summed E-state index contributed by atoms with van der Waals surface area (Å²) >= 11 is 0. The van der Waals surface area contributed by atoms with Crippen molar-refractivity contribution in [3.63, 3.8) is 0 Å². The zero-order valence-corrected chi connectivity index (χ0v) is 13.9. The summed E-state index contributed by atoms with van der Waals surface area (Å²) in [7, 11) is 1.38. The highest BCUT2D eigenvalue weighted by atomic mass is 16.6. The molecule has 2 aromatic rings.